The second kappa shape index (κ2) is 6.02. The number of rotatable bonds is 6. The zero-order valence-corrected chi connectivity index (χ0v) is 10.6. The van der Waals surface area contributed by atoms with Gasteiger partial charge in [0.05, 0.1) is 0 Å². The Hall–Kier alpha value is -0.860. The predicted octanol–water partition coefficient (Wildman–Crippen LogP) is 2.24. The van der Waals surface area contributed by atoms with Crippen LogP contribution in [0.25, 0.3) is 0 Å². The molecule has 0 heterocycles. The molecule has 0 amide bonds. The van der Waals surface area contributed by atoms with Crippen molar-refractivity contribution < 1.29 is 5.11 Å². The van der Waals surface area contributed by atoms with E-state index in [9.17, 15) is 0 Å². The van der Waals surface area contributed by atoms with Crippen LogP contribution >= 0.6 is 0 Å². The summed E-state index contributed by atoms with van der Waals surface area (Å²) in [6, 6.07) is 8.66. The maximum absolute atomic E-state index is 8.71. The van der Waals surface area contributed by atoms with Gasteiger partial charge in [-0.15, -0.1) is 0 Å². The first kappa shape index (κ1) is 13.2. The van der Waals surface area contributed by atoms with Crippen LogP contribution in [0.3, 0.4) is 0 Å². The van der Waals surface area contributed by atoms with E-state index in [2.05, 4.69) is 50.4 Å². The highest BCUT2D eigenvalue weighted by molar-refractivity contribution is 5.28. The minimum Gasteiger partial charge on any atom is -0.396 e. The van der Waals surface area contributed by atoms with E-state index < -0.39 is 0 Å². The van der Waals surface area contributed by atoms with Gasteiger partial charge in [0.15, 0.2) is 0 Å². The zero-order valence-electron chi connectivity index (χ0n) is 10.6. The van der Waals surface area contributed by atoms with Gasteiger partial charge in [0, 0.05) is 18.6 Å². The highest BCUT2D eigenvalue weighted by Crippen LogP contribution is 2.22. The molecule has 0 radical (unpaired) electrons. The van der Waals surface area contributed by atoms with Crippen LogP contribution in [0, 0.1) is 6.92 Å². The van der Waals surface area contributed by atoms with Crippen molar-refractivity contribution in [1.29, 1.82) is 0 Å². The molecule has 90 valence electrons. The first-order valence-electron chi connectivity index (χ1n) is 5.95. The smallest absolute Gasteiger partial charge is 0.0443 e. The van der Waals surface area contributed by atoms with Gasteiger partial charge in [-0.3, -0.25) is 0 Å². The van der Waals surface area contributed by atoms with E-state index in [-0.39, 0.29) is 12.0 Å². The third kappa shape index (κ3) is 3.95. The topological polar surface area (TPSA) is 32.3 Å². The zero-order chi connectivity index (χ0) is 12.0. The van der Waals surface area contributed by atoms with Crippen molar-refractivity contribution in [3.8, 4) is 0 Å². The lowest BCUT2D eigenvalue weighted by molar-refractivity contribution is 0.284. The molecule has 2 N–H and O–H groups in total. The van der Waals surface area contributed by atoms with Gasteiger partial charge in [0.25, 0.3) is 0 Å². The lowest BCUT2D eigenvalue weighted by atomic mass is 9.84. The molecule has 2 heteroatoms. The molecule has 0 atom stereocenters. The number of nitrogens with one attached hydrogen (secondary N) is 1. The van der Waals surface area contributed by atoms with Crippen LogP contribution in [0.15, 0.2) is 24.3 Å². The number of hydrogen-bond donors (Lipinski definition) is 2. The summed E-state index contributed by atoms with van der Waals surface area (Å²) in [7, 11) is 0. The molecule has 0 aliphatic heterocycles. The number of benzene rings is 1. The summed E-state index contributed by atoms with van der Waals surface area (Å²) in [5, 5.41) is 12.1. The van der Waals surface area contributed by atoms with Crippen LogP contribution < -0.4 is 5.32 Å². The van der Waals surface area contributed by atoms with E-state index >= 15 is 0 Å². The van der Waals surface area contributed by atoms with Gasteiger partial charge >= 0.3 is 0 Å². The fourth-order valence-corrected chi connectivity index (χ4v) is 1.77. The molecule has 0 unspecified atom stereocenters. The van der Waals surface area contributed by atoms with Crippen LogP contribution in [0.5, 0.6) is 0 Å². The van der Waals surface area contributed by atoms with Crippen LogP contribution in [-0.2, 0) is 5.41 Å². The van der Waals surface area contributed by atoms with Gasteiger partial charge in [0.2, 0.25) is 0 Å². The molecule has 1 aromatic rings. The second-order valence-electron chi connectivity index (χ2n) is 5.01. The normalized spacial score (nSPS) is 11.8. The third-order valence-electron chi connectivity index (χ3n) is 2.88. The molecule has 1 aromatic carbocycles. The molecule has 0 aliphatic rings. The quantitative estimate of drug-likeness (QED) is 0.722. The number of aryl methyl sites for hydroxylation is 1. The van der Waals surface area contributed by atoms with Crippen LogP contribution in [0.2, 0.25) is 0 Å². The Labute approximate surface area is 98.7 Å². The lowest BCUT2D eigenvalue weighted by Crippen LogP contribution is -2.33. The molecule has 0 saturated carbocycles. The molecule has 0 spiro atoms. The maximum Gasteiger partial charge on any atom is 0.0443 e. The summed E-state index contributed by atoms with van der Waals surface area (Å²) in [6.45, 7) is 8.69. The standard InChI is InChI=1S/C14H23NO/c1-12-6-4-7-13(10-12)14(2,3)11-15-8-5-9-16/h4,6-7,10,15-16H,5,8-9,11H2,1-3H3. The van der Waals surface area contributed by atoms with Crippen molar-refractivity contribution in [2.45, 2.75) is 32.6 Å². The van der Waals surface area contributed by atoms with Crippen LogP contribution in [0.4, 0.5) is 0 Å². The van der Waals surface area contributed by atoms with Crippen molar-refractivity contribution in [2.75, 3.05) is 19.7 Å². The summed E-state index contributed by atoms with van der Waals surface area (Å²) >= 11 is 0. The highest BCUT2D eigenvalue weighted by atomic mass is 16.3. The summed E-state index contributed by atoms with van der Waals surface area (Å²) < 4.78 is 0. The molecular formula is C14H23NO. The molecule has 2 nitrogen and oxygen atoms in total. The minimum atomic E-state index is 0.140. The predicted molar refractivity (Wildman–Crippen MR) is 68.8 cm³/mol. The average Bonchev–Trinajstić information content (AvgIpc) is 2.24. The second-order valence-corrected chi connectivity index (χ2v) is 5.01. The van der Waals surface area contributed by atoms with Gasteiger partial charge in [0.1, 0.15) is 0 Å². The van der Waals surface area contributed by atoms with Gasteiger partial charge in [-0.05, 0) is 25.5 Å². The summed E-state index contributed by atoms with van der Waals surface area (Å²) in [5.41, 5.74) is 2.81. The Morgan fingerprint density at radius 1 is 1.31 bits per heavy atom. The van der Waals surface area contributed by atoms with Gasteiger partial charge in [-0.2, -0.15) is 0 Å². The molecule has 16 heavy (non-hydrogen) atoms. The van der Waals surface area contributed by atoms with E-state index in [4.69, 9.17) is 5.11 Å². The minimum absolute atomic E-state index is 0.140. The Kier molecular flexibility index (Phi) is 4.97. The highest BCUT2D eigenvalue weighted by Gasteiger charge is 2.19. The SMILES string of the molecule is Cc1cccc(C(C)(C)CNCCCO)c1. The molecule has 0 saturated heterocycles. The van der Waals surface area contributed by atoms with Crippen LogP contribution in [-0.4, -0.2) is 24.8 Å². The van der Waals surface area contributed by atoms with E-state index in [1.54, 1.807) is 0 Å². The fraction of sp³-hybridized carbons (Fsp3) is 0.571. The monoisotopic (exact) mass is 221 g/mol. The van der Waals surface area contributed by atoms with Crippen molar-refractivity contribution >= 4 is 0 Å². The molecule has 0 aliphatic carbocycles. The molecule has 1 rings (SSSR count). The lowest BCUT2D eigenvalue weighted by Gasteiger charge is -2.26. The average molecular weight is 221 g/mol. The Balaban J connectivity index is 2.55. The maximum atomic E-state index is 8.71. The van der Waals surface area contributed by atoms with Gasteiger partial charge in [-0.25, -0.2) is 0 Å². The fourth-order valence-electron chi connectivity index (χ4n) is 1.77. The first-order valence-corrected chi connectivity index (χ1v) is 5.95. The van der Waals surface area contributed by atoms with Gasteiger partial charge < -0.3 is 10.4 Å². The Bertz CT molecular complexity index is 320. The van der Waals surface area contributed by atoms with Crippen molar-refractivity contribution in [3.63, 3.8) is 0 Å². The molecule has 0 fully saturated rings. The number of hydrogen-bond acceptors (Lipinski definition) is 2. The van der Waals surface area contributed by atoms with Crippen molar-refractivity contribution in [1.82, 2.24) is 5.32 Å². The molecular weight excluding hydrogens is 198 g/mol. The van der Waals surface area contributed by atoms with E-state index in [0.717, 1.165) is 19.5 Å². The Morgan fingerprint density at radius 3 is 2.69 bits per heavy atom. The van der Waals surface area contributed by atoms with Gasteiger partial charge in [-0.1, -0.05) is 43.7 Å². The largest absolute Gasteiger partial charge is 0.396 e. The first-order chi connectivity index (χ1) is 7.56. The van der Waals surface area contributed by atoms with Crippen molar-refractivity contribution in [2.24, 2.45) is 0 Å². The molecule has 0 bridgehead atoms. The third-order valence-corrected chi connectivity index (χ3v) is 2.88. The number of aliphatic hydroxyl groups excluding tert-OH is 1. The molecule has 0 aromatic heterocycles. The van der Waals surface area contributed by atoms with E-state index in [0.29, 0.717) is 0 Å². The van der Waals surface area contributed by atoms with Crippen LogP contribution in [0.1, 0.15) is 31.4 Å². The van der Waals surface area contributed by atoms with Crippen molar-refractivity contribution in [3.05, 3.63) is 35.4 Å². The Morgan fingerprint density at radius 2 is 2.06 bits per heavy atom. The summed E-state index contributed by atoms with van der Waals surface area (Å²) in [6.07, 6.45) is 0.823. The van der Waals surface area contributed by atoms with E-state index in [1.807, 2.05) is 0 Å². The summed E-state index contributed by atoms with van der Waals surface area (Å²) in [5.74, 6) is 0. The summed E-state index contributed by atoms with van der Waals surface area (Å²) in [4.78, 5) is 0. The van der Waals surface area contributed by atoms with E-state index in [1.165, 1.54) is 11.1 Å². The number of aliphatic hydroxyl groups is 1.